The molecule has 0 heterocycles. The van der Waals surface area contributed by atoms with Gasteiger partial charge in [-0.2, -0.15) is 0 Å². The Bertz CT molecular complexity index is 217. The van der Waals surface area contributed by atoms with Gasteiger partial charge in [0.25, 0.3) is 0 Å². The molecule has 0 aliphatic carbocycles. The molecule has 4 nitrogen and oxygen atoms in total. The zero-order valence-electron chi connectivity index (χ0n) is 4.11. The van der Waals surface area contributed by atoms with Crippen molar-refractivity contribution in [3.8, 4) is 20.2 Å². The predicted octanol–water partition coefficient (Wildman–Crippen LogP) is -2.53. The Labute approximate surface area is 250 Å². The number of nitrogens with zero attached hydrogens (tertiary/aromatic N) is 4. The van der Waals surface area contributed by atoms with E-state index in [-0.39, 0.29) is 206 Å². The van der Waals surface area contributed by atoms with Crippen LogP contribution in [0.25, 0.3) is 0 Å². The minimum atomic E-state index is -3.03. The van der Waals surface area contributed by atoms with E-state index in [4.69, 9.17) is 21.0 Å². The van der Waals surface area contributed by atoms with Crippen LogP contribution in [0, 0.1) is 41.2 Å². The monoisotopic (exact) mass is 322 g/mol. The molecule has 54 valence electrons. The number of rotatable bonds is 0. The Kier molecular flexibility index (Phi) is 45.8. The zero-order chi connectivity index (χ0) is 7.33. The molecule has 0 aliphatic rings. The van der Waals surface area contributed by atoms with Crippen molar-refractivity contribution in [2.45, 2.75) is 0 Å². The molecule has 9 heteroatoms. The summed E-state index contributed by atoms with van der Waals surface area (Å²) in [6, 6.07) is 0. The van der Waals surface area contributed by atoms with Crippen LogP contribution in [0.15, 0.2) is 0 Å². The van der Waals surface area contributed by atoms with Crippen LogP contribution in [-0.4, -0.2) is 206 Å². The molecule has 0 spiro atoms. The first-order chi connectivity index (χ1) is 4.24. The minimum absolute atomic E-state index is 0. The Hall–Kier alpha value is 5.00. The average molecular weight is 323 g/mol. The van der Waals surface area contributed by atoms with E-state index < -0.39 is 12.4 Å². The van der Waals surface area contributed by atoms with Crippen LogP contribution in [0.3, 0.4) is 0 Å². The van der Waals surface area contributed by atoms with Crippen molar-refractivity contribution in [1.29, 1.82) is 21.0 Å². The Balaban J connectivity index is -0.0000000533. The molecule has 0 radical (unpaired) electrons. The van der Waals surface area contributed by atoms with E-state index >= 15 is 0 Å². The molecule has 0 fully saturated rings. The molecule has 0 rings (SSSR count). The van der Waals surface area contributed by atoms with E-state index in [9.17, 15) is 0 Å². The van der Waals surface area contributed by atoms with Gasteiger partial charge in [0.1, 0.15) is 0 Å². The normalized spacial score (nSPS) is 6.46. The fourth-order valence-corrected chi connectivity index (χ4v) is 0.391. The Morgan fingerprint density at radius 3 is 0.692 bits per heavy atom. The number of nitriles is 4. The van der Waals surface area contributed by atoms with Crippen LogP contribution in [0.1, 0.15) is 0 Å². The average Bonchev–Trinajstić information content (AvgIpc) is 1.95. The van der Waals surface area contributed by atoms with Crippen molar-refractivity contribution >= 4 is 206 Å². The topological polar surface area (TPSA) is 95.2 Å². The van der Waals surface area contributed by atoms with E-state index in [2.05, 4.69) is 0 Å². The first-order valence-corrected chi connectivity index (χ1v) is 3.50. The van der Waals surface area contributed by atoms with Gasteiger partial charge < -0.3 is 0 Å². The molecule has 0 bridgehead atoms. The Morgan fingerprint density at radius 2 is 0.692 bits per heavy atom. The first-order valence-electron chi connectivity index (χ1n) is 1.53. The van der Waals surface area contributed by atoms with Crippen molar-refractivity contribution in [2.75, 3.05) is 0 Å². The van der Waals surface area contributed by atoms with Gasteiger partial charge in [0.2, 0.25) is 0 Å². The van der Waals surface area contributed by atoms with E-state index in [1.807, 2.05) is 0 Å². The van der Waals surface area contributed by atoms with Crippen LogP contribution < -0.4 is 0 Å². The predicted molar refractivity (Wildman–Crippen MR) is 51.0 cm³/mol. The first kappa shape index (κ1) is 30.8. The SMILES string of the molecule is N#[C][Ni]([C]#N)([C]#N)[C]#N.[KH].[KH].[KH].[KH]. The second-order valence-electron chi connectivity index (χ2n) is 0.757. The van der Waals surface area contributed by atoms with Crippen LogP contribution in [0.5, 0.6) is 0 Å². The molecule has 0 aromatic carbocycles. The van der Waals surface area contributed by atoms with E-state index in [0.717, 1.165) is 0 Å². The van der Waals surface area contributed by atoms with E-state index in [1.54, 1.807) is 0 Å². The molecule has 0 atom stereocenters. The summed E-state index contributed by atoms with van der Waals surface area (Å²) >= 11 is -3.03. The second-order valence-corrected chi connectivity index (χ2v) is 3.12. The molecule has 0 saturated heterocycles. The van der Waals surface area contributed by atoms with Crippen molar-refractivity contribution in [2.24, 2.45) is 0 Å². The molecule has 0 saturated carbocycles. The fourth-order valence-electron chi connectivity index (χ4n) is 0.0949. The maximum atomic E-state index is 8.10. The fraction of sp³-hybridized carbons (Fsp3) is 0. The van der Waals surface area contributed by atoms with Gasteiger partial charge in [0.15, 0.2) is 0 Å². The van der Waals surface area contributed by atoms with Crippen LogP contribution in [0.2, 0.25) is 0 Å². The quantitative estimate of drug-likeness (QED) is 0.459. The van der Waals surface area contributed by atoms with Crippen LogP contribution in [0.4, 0.5) is 0 Å². The maximum absolute atomic E-state index is 8.10. The van der Waals surface area contributed by atoms with E-state index in [1.165, 1.54) is 20.2 Å². The Morgan fingerprint density at radius 1 is 0.538 bits per heavy atom. The van der Waals surface area contributed by atoms with Gasteiger partial charge in [-0.05, 0) is 0 Å². The van der Waals surface area contributed by atoms with Crippen molar-refractivity contribution < 1.29 is 12.4 Å². The summed E-state index contributed by atoms with van der Waals surface area (Å²) in [5, 5.41) is 37.9. The van der Waals surface area contributed by atoms with Gasteiger partial charge >= 0.3 is 259 Å². The summed E-state index contributed by atoms with van der Waals surface area (Å²) in [6.07, 6.45) is 0. The molecule has 0 aliphatic heterocycles. The third-order valence-corrected chi connectivity index (χ3v) is 1.75. The summed E-state index contributed by atoms with van der Waals surface area (Å²) in [5.41, 5.74) is 0. The van der Waals surface area contributed by atoms with Gasteiger partial charge in [-0.1, -0.05) is 0 Å². The van der Waals surface area contributed by atoms with Crippen molar-refractivity contribution in [3.63, 3.8) is 0 Å². The van der Waals surface area contributed by atoms with Crippen molar-refractivity contribution in [1.82, 2.24) is 0 Å². The summed E-state index contributed by atoms with van der Waals surface area (Å²) in [7, 11) is 0. The van der Waals surface area contributed by atoms with Gasteiger partial charge in [0, 0.05) is 0 Å². The molecular weight excluding hydrogens is 319 g/mol. The molecule has 0 aromatic rings. The standard InChI is InChI=1S/4CN.4K.Ni.4H/c4*1-2;;;;;;;;;. The van der Waals surface area contributed by atoms with E-state index in [0.29, 0.717) is 0 Å². The molecular formula is C4H4K4N4Ni. The number of hydrogen-bond donors (Lipinski definition) is 0. The van der Waals surface area contributed by atoms with Crippen LogP contribution in [-0.2, 0) is 12.4 Å². The van der Waals surface area contributed by atoms with Gasteiger partial charge in [0.05, 0.1) is 0 Å². The zero-order valence-corrected chi connectivity index (χ0v) is 5.09. The van der Waals surface area contributed by atoms with Crippen molar-refractivity contribution in [3.05, 3.63) is 0 Å². The van der Waals surface area contributed by atoms with Gasteiger partial charge in [-0.25, -0.2) is 0 Å². The summed E-state index contributed by atoms with van der Waals surface area (Å²) < 4.78 is 0. The second kappa shape index (κ2) is 19.3. The summed E-state index contributed by atoms with van der Waals surface area (Å²) in [4.78, 5) is 0. The van der Waals surface area contributed by atoms with Gasteiger partial charge in [-0.3, -0.25) is 0 Å². The molecule has 0 unspecified atom stereocenters. The number of hydrogen-bond acceptors (Lipinski definition) is 4. The molecule has 13 heavy (non-hydrogen) atoms. The molecule has 0 N–H and O–H groups in total. The third kappa shape index (κ3) is 13.2. The molecule has 0 aromatic heterocycles. The van der Waals surface area contributed by atoms with Gasteiger partial charge in [-0.15, -0.1) is 0 Å². The summed E-state index contributed by atoms with van der Waals surface area (Å²) in [6.45, 7) is 0. The molecule has 0 amide bonds. The third-order valence-electron chi connectivity index (χ3n) is 0.424. The van der Waals surface area contributed by atoms with Crippen LogP contribution >= 0.6 is 0 Å². The summed E-state index contributed by atoms with van der Waals surface area (Å²) in [5.74, 6) is 0.